The molecule has 2 nitrogen and oxygen atoms in total. The molecule has 0 spiro atoms. The number of halogens is 1. The van der Waals surface area contributed by atoms with Crippen LogP contribution in [0.5, 0.6) is 0 Å². The monoisotopic (exact) mass is 249 g/mol. The summed E-state index contributed by atoms with van der Waals surface area (Å²) in [6.07, 6.45) is 3.91. The van der Waals surface area contributed by atoms with Crippen molar-refractivity contribution in [3.63, 3.8) is 0 Å². The van der Waals surface area contributed by atoms with Gasteiger partial charge in [-0.05, 0) is 18.9 Å². The first-order valence-electron chi connectivity index (χ1n) is 6.03. The van der Waals surface area contributed by atoms with Crippen molar-refractivity contribution < 1.29 is 5.11 Å². The Hall–Kier alpha value is -1.04. The van der Waals surface area contributed by atoms with E-state index in [-0.39, 0.29) is 0 Å². The molecule has 0 aromatic heterocycles. The van der Waals surface area contributed by atoms with Crippen LogP contribution in [0.4, 0.5) is 0 Å². The Labute approximate surface area is 107 Å². The summed E-state index contributed by atoms with van der Waals surface area (Å²) in [5.74, 6) is 0. The average Bonchev–Trinajstić information content (AvgIpc) is 2.39. The molecule has 90 valence electrons. The number of hydrogen-bond acceptors (Lipinski definition) is 2. The zero-order valence-corrected chi connectivity index (χ0v) is 10.5. The minimum absolute atomic E-state index is 0.542. The molecule has 0 radical (unpaired) electrons. The SMILES string of the molecule is N#CC1(C(O)c2ccccc2Cl)CCCCC1. The molecule has 1 aromatic carbocycles. The van der Waals surface area contributed by atoms with E-state index in [0.717, 1.165) is 32.1 Å². The first kappa shape index (κ1) is 12.4. The maximum atomic E-state index is 10.5. The highest BCUT2D eigenvalue weighted by atomic mass is 35.5. The Morgan fingerprint density at radius 1 is 1.24 bits per heavy atom. The maximum absolute atomic E-state index is 10.5. The first-order chi connectivity index (χ1) is 8.19. The first-order valence-corrected chi connectivity index (χ1v) is 6.41. The van der Waals surface area contributed by atoms with E-state index in [4.69, 9.17) is 11.6 Å². The molecule has 1 aliphatic rings. The van der Waals surface area contributed by atoms with Gasteiger partial charge in [-0.25, -0.2) is 0 Å². The third-order valence-electron chi connectivity index (χ3n) is 3.69. The molecule has 0 heterocycles. The van der Waals surface area contributed by atoms with Crippen molar-refractivity contribution in [1.82, 2.24) is 0 Å². The van der Waals surface area contributed by atoms with Crippen LogP contribution in [-0.2, 0) is 0 Å². The predicted octanol–water partition coefficient (Wildman–Crippen LogP) is 3.85. The Morgan fingerprint density at radius 2 is 1.88 bits per heavy atom. The molecule has 0 amide bonds. The van der Waals surface area contributed by atoms with Crippen molar-refractivity contribution in [2.24, 2.45) is 5.41 Å². The van der Waals surface area contributed by atoms with E-state index >= 15 is 0 Å². The fourth-order valence-electron chi connectivity index (χ4n) is 2.62. The number of nitriles is 1. The minimum Gasteiger partial charge on any atom is -0.387 e. The van der Waals surface area contributed by atoms with Crippen molar-refractivity contribution in [1.29, 1.82) is 5.26 Å². The van der Waals surface area contributed by atoms with Gasteiger partial charge in [0, 0.05) is 10.6 Å². The van der Waals surface area contributed by atoms with E-state index in [0.29, 0.717) is 10.6 Å². The zero-order chi connectivity index (χ0) is 12.3. The second-order valence-electron chi connectivity index (χ2n) is 4.75. The van der Waals surface area contributed by atoms with Gasteiger partial charge >= 0.3 is 0 Å². The van der Waals surface area contributed by atoms with Gasteiger partial charge in [-0.3, -0.25) is 0 Å². The standard InChI is InChI=1S/C14H16ClNO/c15-12-7-3-2-6-11(12)13(17)14(10-16)8-4-1-5-9-14/h2-3,6-7,13,17H,1,4-5,8-9H2. The van der Waals surface area contributed by atoms with Gasteiger partial charge in [-0.15, -0.1) is 0 Å². The summed E-state index contributed by atoms with van der Waals surface area (Å²) in [7, 11) is 0. The molecule has 1 N–H and O–H groups in total. The van der Waals surface area contributed by atoms with E-state index < -0.39 is 11.5 Å². The van der Waals surface area contributed by atoms with Crippen LogP contribution in [0.3, 0.4) is 0 Å². The molecular formula is C14H16ClNO. The van der Waals surface area contributed by atoms with Gasteiger partial charge < -0.3 is 5.11 Å². The van der Waals surface area contributed by atoms with Crippen LogP contribution in [0.15, 0.2) is 24.3 Å². The van der Waals surface area contributed by atoms with Crippen molar-refractivity contribution in [3.8, 4) is 6.07 Å². The number of aliphatic hydroxyl groups is 1. The molecule has 0 saturated heterocycles. The average molecular weight is 250 g/mol. The molecule has 1 saturated carbocycles. The molecule has 1 atom stereocenters. The maximum Gasteiger partial charge on any atom is 0.0990 e. The van der Waals surface area contributed by atoms with Crippen molar-refractivity contribution in [2.45, 2.75) is 38.2 Å². The lowest BCUT2D eigenvalue weighted by atomic mass is 9.69. The third kappa shape index (κ3) is 2.31. The molecule has 0 aliphatic heterocycles. The van der Waals surface area contributed by atoms with Crippen LogP contribution in [-0.4, -0.2) is 5.11 Å². The lowest BCUT2D eigenvalue weighted by molar-refractivity contribution is 0.0360. The fraction of sp³-hybridized carbons (Fsp3) is 0.500. The van der Waals surface area contributed by atoms with Gasteiger partial charge in [-0.2, -0.15) is 5.26 Å². The van der Waals surface area contributed by atoms with E-state index in [1.165, 1.54) is 0 Å². The topological polar surface area (TPSA) is 44.0 Å². The second-order valence-corrected chi connectivity index (χ2v) is 5.16. The van der Waals surface area contributed by atoms with Gasteiger partial charge in [0.15, 0.2) is 0 Å². The number of benzene rings is 1. The molecule has 3 heteroatoms. The molecule has 0 bridgehead atoms. The second kappa shape index (κ2) is 5.08. The number of nitrogens with zero attached hydrogens (tertiary/aromatic N) is 1. The largest absolute Gasteiger partial charge is 0.387 e. The van der Waals surface area contributed by atoms with Gasteiger partial charge in [0.2, 0.25) is 0 Å². The van der Waals surface area contributed by atoms with E-state index in [1.807, 2.05) is 12.1 Å². The zero-order valence-electron chi connectivity index (χ0n) is 9.69. The van der Waals surface area contributed by atoms with Crippen molar-refractivity contribution in [3.05, 3.63) is 34.9 Å². The van der Waals surface area contributed by atoms with Crippen LogP contribution < -0.4 is 0 Å². The summed E-state index contributed by atoms with van der Waals surface area (Å²) < 4.78 is 0. The Morgan fingerprint density at radius 3 is 2.47 bits per heavy atom. The van der Waals surface area contributed by atoms with E-state index in [9.17, 15) is 10.4 Å². The summed E-state index contributed by atoms with van der Waals surface area (Å²) in [4.78, 5) is 0. The summed E-state index contributed by atoms with van der Waals surface area (Å²) in [5, 5.41) is 20.4. The molecule has 1 fully saturated rings. The number of hydrogen-bond donors (Lipinski definition) is 1. The van der Waals surface area contributed by atoms with E-state index in [2.05, 4.69) is 6.07 Å². The molecule has 1 aliphatic carbocycles. The van der Waals surface area contributed by atoms with E-state index in [1.54, 1.807) is 12.1 Å². The Bertz CT molecular complexity index is 432. The highest BCUT2D eigenvalue weighted by Gasteiger charge is 2.40. The lowest BCUT2D eigenvalue weighted by Crippen LogP contribution is -2.30. The van der Waals surface area contributed by atoms with Gasteiger partial charge in [-0.1, -0.05) is 49.1 Å². The minimum atomic E-state index is -0.776. The third-order valence-corrected chi connectivity index (χ3v) is 4.04. The summed E-state index contributed by atoms with van der Waals surface area (Å²) in [6, 6.07) is 9.58. The van der Waals surface area contributed by atoms with Crippen LogP contribution in [0.2, 0.25) is 5.02 Å². The van der Waals surface area contributed by atoms with Gasteiger partial charge in [0.25, 0.3) is 0 Å². The smallest absolute Gasteiger partial charge is 0.0990 e. The summed E-state index contributed by atoms with van der Waals surface area (Å²) in [6.45, 7) is 0. The number of rotatable bonds is 2. The van der Waals surface area contributed by atoms with Crippen molar-refractivity contribution in [2.75, 3.05) is 0 Å². The molecule has 2 rings (SSSR count). The van der Waals surface area contributed by atoms with Crippen LogP contribution >= 0.6 is 11.6 Å². The number of aliphatic hydroxyl groups excluding tert-OH is 1. The predicted molar refractivity (Wildman–Crippen MR) is 67.5 cm³/mol. The molecule has 17 heavy (non-hydrogen) atoms. The van der Waals surface area contributed by atoms with Crippen LogP contribution in [0.1, 0.15) is 43.8 Å². The lowest BCUT2D eigenvalue weighted by Gasteiger charge is -2.35. The highest BCUT2D eigenvalue weighted by Crippen LogP contribution is 2.46. The Kier molecular flexibility index (Phi) is 3.71. The summed E-state index contributed by atoms with van der Waals surface area (Å²) in [5.41, 5.74) is 0.0288. The summed E-state index contributed by atoms with van der Waals surface area (Å²) >= 11 is 6.09. The molecular weight excluding hydrogens is 234 g/mol. The van der Waals surface area contributed by atoms with Crippen LogP contribution in [0, 0.1) is 16.7 Å². The van der Waals surface area contributed by atoms with Gasteiger partial charge in [0.05, 0.1) is 17.6 Å². The van der Waals surface area contributed by atoms with Gasteiger partial charge in [0.1, 0.15) is 0 Å². The van der Waals surface area contributed by atoms with Crippen molar-refractivity contribution >= 4 is 11.6 Å². The quantitative estimate of drug-likeness (QED) is 0.865. The molecule has 1 unspecified atom stereocenters. The highest BCUT2D eigenvalue weighted by molar-refractivity contribution is 6.31. The Balaban J connectivity index is 2.32. The fourth-order valence-corrected chi connectivity index (χ4v) is 2.86. The van der Waals surface area contributed by atoms with Crippen LogP contribution in [0.25, 0.3) is 0 Å². The molecule has 1 aromatic rings. The normalized spacial score (nSPS) is 20.5.